The molecule has 0 saturated heterocycles. The standard InChI is InChI=1S/C11H12N4O3/c1-6-14-10(18-15-6)5-13-11(17)7-2-3-8(12)9(16)4-7/h2-4,16H,5,12H2,1H3,(H,13,17). The molecule has 18 heavy (non-hydrogen) atoms. The van der Waals surface area contributed by atoms with Crippen molar-refractivity contribution in [3.63, 3.8) is 0 Å². The number of rotatable bonds is 3. The number of hydrogen-bond acceptors (Lipinski definition) is 6. The third-order valence-electron chi connectivity index (χ3n) is 2.26. The maximum atomic E-state index is 11.7. The molecule has 0 atom stereocenters. The molecule has 2 rings (SSSR count). The van der Waals surface area contributed by atoms with Gasteiger partial charge >= 0.3 is 0 Å². The molecule has 2 aromatic rings. The number of carbonyl (C=O) groups excluding carboxylic acids is 1. The van der Waals surface area contributed by atoms with Crippen LogP contribution in [0, 0.1) is 6.92 Å². The van der Waals surface area contributed by atoms with Gasteiger partial charge in [-0.25, -0.2) is 0 Å². The number of nitrogens with zero attached hydrogens (tertiary/aromatic N) is 2. The minimum absolute atomic E-state index is 0.128. The predicted octanol–water partition coefficient (Wildman–Crippen LogP) is 0.596. The van der Waals surface area contributed by atoms with Crippen LogP contribution < -0.4 is 11.1 Å². The Morgan fingerprint density at radius 2 is 2.33 bits per heavy atom. The van der Waals surface area contributed by atoms with E-state index in [1.54, 1.807) is 6.92 Å². The van der Waals surface area contributed by atoms with Crippen LogP contribution in [-0.2, 0) is 6.54 Å². The zero-order chi connectivity index (χ0) is 13.1. The van der Waals surface area contributed by atoms with Gasteiger partial charge in [-0.3, -0.25) is 4.79 Å². The van der Waals surface area contributed by atoms with Crippen molar-refractivity contribution < 1.29 is 14.4 Å². The van der Waals surface area contributed by atoms with Gasteiger partial charge in [-0.05, 0) is 25.1 Å². The van der Waals surface area contributed by atoms with E-state index >= 15 is 0 Å². The summed E-state index contributed by atoms with van der Waals surface area (Å²) in [5, 5.41) is 15.6. The van der Waals surface area contributed by atoms with E-state index in [1.165, 1.54) is 18.2 Å². The third kappa shape index (κ3) is 2.57. The molecule has 0 bridgehead atoms. The van der Waals surface area contributed by atoms with Gasteiger partial charge in [0.1, 0.15) is 5.75 Å². The van der Waals surface area contributed by atoms with E-state index in [0.29, 0.717) is 17.3 Å². The van der Waals surface area contributed by atoms with Crippen LogP contribution in [0.25, 0.3) is 0 Å². The molecule has 1 aromatic heterocycles. The Morgan fingerprint density at radius 3 is 2.94 bits per heavy atom. The Labute approximate surface area is 103 Å². The number of phenols is 1. The number of aromatic nitrogens is 2. The minimum atomic E-state index is -0.360. The zero-order valence-electron chi connectivity index (χ0n) is 9.67. The van der Waals surface area contributed by atoms with Crippen LogP contribution in [-0.4, -0.2) is 21.2 Å². The molecule has 7 heteroatoms. The molecule has 1 amide bonds. The average Bonchev–Trinajstić information content (AvgIpc) is 2.75. The molecule has 94 valence electrons. The summed E-state index contributed by atoms with van der Waals surface area (Å²) < 4.78 is 4.85. The molecule has 0 saturated carbocycles. The minimum Gasteiger partial charge on any atom is -0.506 e. The first-order chi connectivity index (χ1) is 8.56. The van der Waals surface area contributed by atoms with E-state index in [-0.39, 0.29) is 23.9 Å². The number of anilines is 1. The van der Waals surface area contributed by atoms with Gasteiger partial charge in [0.2, 0.25) is 5.89 Å². The van der Waals surface area contributed by atoms with Crippen molar-refractivity contribution in [2.24, 2.45) is 0 Å². The summed E-state index contributed by atoms with van der Waals surface area (Å²) in [6, 6.07) is 4.27. The van der Waals surface area contributed by atoms with E-state index in [0.717, 1.165) is 0 Å². The quantitative estimate of drug-likeness (QED) is 0.541. The molecular weight excluding hydrogens is 236 g/mol. The lowest BCUT2D eigenvalue weighted by atomic mass is 10.2. The largest absolute Gasteiger partial charge is 0.506 e. The second kappa shape index (κ2) is 4.74. The molecule has 7 nitrogen and oxygen atoms in total. The van der Waals surface area contributed by atoms with Crippen LogP contribution in [0.5, 0.6) is 5.75 Å². The fraction of sp³-hybridized carbons (Fsp3) is 0.182. The molecule has 0 aliphatic carbocycles. The molecule has 1 aromatic carbocycles. The van der Waals surface area contributed by atoms with Gasteiger partial charge < -0.3 is 20.7 Å². The zero-order valence-corrected chi connectivity index (χ0v) is 9.67. The van der Waals surface area contributed by atoms with Crippen molar-refractivity contribution in [1.29, 1.82) is 0 Å². The highest BCUT2D eigenvalue weighted by molar-refractivity contribution is 5.95. The molecule has 0 aliphatic rings. The molecule has 0 fully saturated rings. The van der Waals surface area contributed by atoms with Gasteiger partial charge in [-0.2, -0.15) is 4.98 Å². The Hall–Kier alpha value is -2.57. The number of benzene rings is 1. The van der Waals surface area contributed by atoms with Crippen LogP contribution in [0.3, 0.4) is 0 Å². The highest BCUT2D eigenvalue weighted by atomic mass is 16.5. The summed E-state index contributed by atoms with van der Waals surface area (Å²) in [6.07, 6.45) is 0. The summed E-state index contributed by atoms with van der Waals surface area (Å²) in [6.45, 7) is 1.82. The van der Waals surface area contributed by atoms with E-state index in [9.17, 15) is 9.90 Å². The number of carbonyl (C=O) groups is 1. The Balaban J connectivity index is 2.01. The normalized spacial score (nSPS) is 10.3. The average molecular weight is 248 g/mol. The number of aryl methyl sites for hydroxylation is 1. The Bertz CT molecular complexity index is 579. The van der Waals surface area contributed by atoms with Crippen molar-refractivity contribution in [3.8, 4) is 5.75 Å². The summed E-state index contributed by atoms with van der Waals surface area (Å²) in [5.74, 6) is 0.335. The molecular formula is C11H12N4O3. The number of nitrogens with two attached hydrogens (primary N) is 1. The molecule has 0 radical (unpaired) electrons. The van der Waals surface area contributed by atoms with Gasteiger partial charge in [0.25, 0.3) is 5.91 Å². The summed E-state index contributed by atoms with van der Waals surface area (Å²) in [4.78, 5) is 15.7. The van der Waals surface area contributed by atoms with E-state index in [2.05, 4.69) is 15.5 Å². The first kappa shape index (κ1) is 11.9. The van der Waals surface area contributed by atoms with Crippen molar-refractivity contribution in [3.05, 3.63) is 35.5 Å². The van der Waals surface area contributed by atoms with Crippen molar-refractivity contribution in [1.82, 2.24) is 15.5 Å². The number of nitrogens with one attached hydrogen (secondary N) is 1. The lowest BCUT2D eigenvalue weighted by Gasteiger charge is -2.04. The summed E-state index contributed by atoms with van der Waals surface area (Å²) in [7, 11) is 0. The first-order valence-corrected chi connectivity index (χ1v) is 5.22. The molecule has 0 unspecified atom stereocenters. The van der Waals surface area contributed by atoms with Gasteiger partial charge in [0.15, 0.2) is 5.82 Å². The molecule has 0 aliphatic heterocycles. The highest BCUT2D eigenvalue weighted by Gasteiger charge is 2.09. The number of aromatic hydroxyl groups is 1. The van der Waals surface area contributed by atoms with Crippen molar-refractivity contribution in [2.45, 2.75) is 13.5 Å². The van der Waals surface area contributed by atoms with Crippen LogP contribution in [0.1, 0.15) is 22.1 Å². The number of amides is 1. The third-order valence-corrected chi connectivity index (χ3v) is 2.26. The predicted molar refractivity (Wildman–Crippen MR) is 62.7 cm³/mol. The number of phenolic OH excluding ortho intramolecular Hbond substituents is 1. The topological polar surface area (TPSA) is 114 Å². The second-order valence-electron chi connectivity index (χ2n) is 3.69. The van der Waals surface area contributed by atoms with Crippen LogP contribution in [0.4, 0.5) is 5.69 Å². The van der Waals surface area contributed by atoms with Crippen molar-refractivity contribution in [2.75, 3.05) is 5.73 Å². The highest BCUT2D eigenvalue weighted by Crippen LogP contribution is 2.20. The smallest absolute Gasteiger partial charge is 0.251 e. The van der Waals surface area contributed by atoms with Gasteiger partial charge in [0, 0.05) is 5.56 Å². The Morgan fingerprint density at radius 1 is 1.56 bits per heavy atom. The van der Waals surface area contributed by atoms with Crippen LogP contribution >= 0.6 is 0 Å². The fourth-order valence-corrected chi connectivity index (χ4v) is 1.35. The summed E-state index contributed by atoms with van der Waals surface area (Å²) >= 11 is 0. The lowest BCUT2D eigenvalue weighted by molar-refractivity contribution is 0.0946. The fourth-order valence-electron chi connectivity index (χ4n) is 1.35. The van der Waals surface area contributed by atoms with Gasteiger partial charge in [-0.15, -0.1) is 0 Å². The lowest BCUT2D eigenvalue weighted by Crippen LogP contribution is -2.22. The molecule has 0 spiro atoms. The first-order valence-electron chi connectivity index (χ1n) is 5.22. The summed E-state index contributed by atoms with van der Waals surface area (Å²) in [5.41, 5.74) is 5.97. The number of hydrogen-bond donors (Lipinski definition) is 3. The van der Waals surface area contributed by atoms with Gasteiger partial charge in [-0.1, -0.05) is 5.16 Å². The second-order valence-corrected chi connectivity index (χ2v) is 3.69. The van der Waals surface area contributed by atoms with Gasteiger partial charge in [0.05, 0.1) is 12.2 Å². The molecule has 1 heterocycles. The maximum absolute atomic E-state index is 11.7. The van der Waals surface area contributed by atoms with E-state index in [4.69, 9.17) is 10.3 Å². The monoisotopic (exact) mass is 248 g/mol. The van der Waals surface area contributed by atoms with E-state index in [1.807, 2.05) is 0 Å². The van der Waals surface area contributed by atoms with Crippen LogP contribution in [0.15, 0.2) is 22.7 Å². The number of nitrogen functional groups attached to an aromatic ring is 1. The van der Waals surface area contributed by atoms with E-state index < -0.39 is 0 Å². The Kier molecular flexibility index (Phi) is 3.13. The van der Waals surface area contributed by atoms with Crippen LogP contribution in [0.2, 0.25) is 0 Å². The SMILES string of the molecule is Cc1noc(CNC(=O)c2ccc(N)c(O)c2)n1. The van der Waals surface area contributed by atoms with Crippen molar-refractivity contribution >= 4 is 11.6 Å². The maximum Gasteiger partial charge on any atom is 0.251 e. The molecule has 4 N–H and O–H groups in total.